The van der Waals surface area contributed by atoms with Crippen molar-refractivity contribution in [2.75, 3.05) is 0 Å². The second-order valence-electron chi connectivity index (χ2n) is 7.00. The summed E-state index contributed by atoms with van der Waals surface area (Å²) < 4.78 is 0. The Morgan fingerprint density at radius 2 is 1.22 bits per heavy atom. The number of phenols is 1. The third kappa shape index (κ3) is 1.92. The zero-order valence-electron chi connectivity index (χ0n) is 14.5. The lowest BCUT2D eigenvalue weighted by atomic mass is 9.89. The summed E-state index contributed by atoms with van der Waals surface area (Å²) in [7, 11) is 0. The molecule has 27 heavy (non-hydrogen) atoms. The lowest BCUT2D eigenvalue weighted by Crippen LogP contribution is -1.89. The van der Waals surface area contributed by atoms with Gasteiger partial charge in [0.1, 0.15) is 11.3 Å². The molecule has 126 valence electrons. The van der Waals surface area contributed by atoms with Crippen molar-refractivity contribution in [2.45, 2.75) is 0 Å². The van der Waals surface area contributed by atoms with Gasteiger partial charge in [0, 0.05) is 11.6 Å². The minimum Gasteiger partial charge on any atom is -0.506 e. The van der Waals surface area contributed by atoms with Gasteiger partial charge in [0.2, 0.25) is 0 Å². The van der Waals surface area contributed by atoms with Crippen LogP contribution < -0.4 is 0 Å². The van der Waals surface area contributed by atoms with Crippen LogP contribution in [0.4, 0.5) is 0 Å². The topological polar surface area (TPSA) is 33.1 Å². The summed E-state index contributed by atoms with van der Waals surface area (Å²) in [6.07, 6.45) is 1.77. The smallest absolute Gasteiger partial charge is 0.141 e. The Bertz CT molecular complexity index is 1470. The van der Waals surface area contributed by atoms with Gasteiger partial charge in [-0.3, -0.25) is 4.98 Å². The van der Waals surface area contributed by atoms with Crippen LogP contribution in [-0.2, 0) is 0 Å². The van der Waals surface area contributed by atoms with Crippen LogP contribution in [0.1, 0.15) is 0 Å². The summed E-state index contributed by atoms with van der Waals surface area (Å²) in [6, 6.07) is 27.3. The van der Waals surface area contributed by atoms with E-state index in [0.29, 0.717) is 5.52 Å². The summed E-state index contributed by atoms with van der Waals surface area (Å²) >= 11 is 0. The normalized spacial score (nSPS) is 11.9. The van der Waals surface area contributed by atoms with Crippen molar-refractivity contribution in [2.24, 2.45) is 0 Å². The van der Waals surface area contributed by atoms with Crippen molar-refractivity contribution >= 4 is 43.2 Å². The van der Waals surface area contributed by atoms with E-state index in [2.05, 4.69) is 59.6 Å². The fourth-order valence-corrected chi connectivity index (χ4v) is 4.37. The molecule has 0 saturated carbocycles. The number of aromatic nitrogens is 1. The SMILES string of the molecule is Oc1cccc2c(-c3ccc4ccc5cccc6ccc3c4c56)ccnc12. The van der Waals surface area contributed by atoms with Gasteiger partial charge in [-0.2, -0.15) is 0 Å². The monoisotopic (exact) mass is 345 g/mol. The first-order chi connectivity index (χ1) is 13.3. The van der Waals surface area contributed by atoms with Crippen molar-refractivity contribution in [3.8, 4) is 16.9 Å². The molecule has 5 aromatic carbocycles. The van der Waals surface area contributed by atoms with E-state index in [0.717, 1.165) is 10.9 Å². The molecule has 0 atom stereocenters. The van der Waals surface area contributed by atoms with Gasteiger partial charge < -0.3 is 5.11 Å². The number of hydrogen-bond acceptors (Lipinski definition) is 2. The highest BCUT2D eigenvalue weighted by Crippen LogP contribution is 2.41. The fourth-order valence-electron chi connectivity index (χ4n) is 4.37. The Kier molecular flexibility index (Phi) is 2.78. The molecule has 1 heterocycles. The standard InChI is InChI=1S/C25H15NO/c27-22-6-2-5-21-19(13-14-26-25(21)22)18-11-9-17-8-7-15-3-1-4-16-10-12-20(18)24(17)23(15)16/h1-14,27H. The molecule has 0 aliphatic heterocycles. The van der Waals surface area contributed by atoms with Gasteiger partial charge >= 0.3 is 0 Å². The van der Waals surface area contributed by atoms with Crippen LogP contribution in [0.2, 0.25) is 0 Å². The Morgan fingerprint density at radius 1 is 0.556 bits per heavy atom. The van der Waals surface area contributed by atoms with Crippen molar-refractivity contribution < 1.29 is 5.11 Å². The summed E-state index contributed by atoms with van der Waals surface area (Å²) in [5.74, 6) is 0.215. The Morgan fingerprint density at radius 3 is 2.07 bits per heavy atom. The van der Waals surface area contributed by atoms with Gasteiger partial charge in [0.15, 0.2) is 0 Å². The van der Waals surface area contributed by atoms with E-state index >= 15 is 0 Å². The molecule has 2 nitrogen and oxygen atoms in total. The largest absolute Gasteiger partial charge is 0.506 e. The van der Waals surface area contributed by atoms with Gasteiger partial charge in [-0.05, 0) is 55.6 Å². The van der Waals surface area contributed by atoms with E-state index in [1.807, 2.05) is 18.2 Å². The van der Waals surface area contributed by atoms with Crippen LogP contribution in [0.25, 0.3) is 54.3 Å². The molecule has 0 aliphatic rings. The van der Waals surface area contributed by atoms with Crippen LogP contribution in [-0.4, -0.2) is 10.1 Å². The molecule has 0 spiro atoms. The quantitative estimate of drug-likeness (QED) is 0.345. The molecule has 0 fully saturated rings. The molecule has 0 unspecified atom stereocenters. The number of nitrogens with zero attached hydrogens (tertiary/aromatic N) is 1. The second-order valence-corrected chi connectivity index (χ2v) is 7.00. The number of benzene rings is 5. The van der Waals surface area contributed by atoms with Crippen molar-refractivity contribution in [1.29, 1.82) is 0 Å². The van der Waals surface area contributed by atoms with Gasteiger partial charge in [-0.25, -0.2) is 0 Å². The van der Waals surface area contributed by atoms with Crippen LogP contribution >= 0.6 is 0 Å². The Labute approximate surface area is 155 Å². The summed E-state index contributed by atoms with van der Waals surface area (Å²) in [4.78, 5) is 4.38. The van der Waals surface area contributed by atoms with Crippen molar-refractivity contribution in [1.82, 2.24) is 4.98 Å². The maximum Gasteiger partial charge on any atom is 0.141 e. The summed E-state index contributed by atoms with van der Waals surface area (Å²) in [5, 5.41) is 18.8. The highest BCUT2D eigenvalue weighted by Gasteiger charge is 2.14. The molecule has 0 saturated heterocycles. The fraction of sp³-hybridized carbons (Fsp3) is 0. The lowest BCUT2D eigenvalue weighted by Gasteiger charge is -2.15. The van der Waals surface area contributed by atoms with Crippen LogP contribution in [0.15, 0.2) is 85.1 Å². The van der Waals surface area contributed by atoms with E-state index < -0.39 is 0 Å². The molecule has 6 rings (SSSR count). The number of para-hydroxylation sites is 1. The molecular formula is C25H15NO. The third-order valence-corrected chi connectivity index (χ3v) is 5.57. The van der Waals surface area contributed by atoms with E-state index in [1.54, 1.807) is 12.3 Å². The summed E-state index contributed by atoms with van der Waals surface area (Å²) in [5.41, 5.74) is 2.90. The van der Waals surface area contributed by atoms with Crippen LogP contribution in [0.3, 0.4) is 0 Å². The average Bonchev–Trinajstić information content (AvgIpc) is 2.72. The maximum absolute atomic E-state index is 10.2. The number of hydrogen-bond donors (Lipinski definition) is 1. The van der Waals surface area contributed by atoms with Crippen LogP contribution in [0, 0.1) is 0 Å². The highest BCUT2D eigenvalue weighted by molar-refractivity contribution is 6.26. The minimum absolute atomic E-state index is 0.215. The van der Waals surface area contributed by atoms with E-state index in [4.69, 9.17) is 0 Å². The average molecular weight is 345 g/mol. The van der Waals surface area contributed by atoms with Crippen molar-refractivity contribution in [3.05, 3.63) is 85.1 Å². The molecule has 6 aromatic rings. The zero-order valence-corrected chi connectivity index (χ0v) is 14.5. The van der Waals surface area contributed by atoms with Gasteiger partial charge in [0.25, 0.3) is 0 Å². The second kappa shape index (κ2) is 5.18. The number of phenolic OH excluding ortho intramolecular Hbond substituents is 1. The first-order valence-corrected chi connectivity index (χ1v) is 9.05. The van der Waals surface area contributed by atoms with E-state index in [1.165, 1.54) is 37.9 Å². The van der Waals surface area contributed by atoms with Crippen molar-refractivity contribution in [3.63, 3.8) is 0 Å². The molecule has 2 heteroatoms. The minimum atomic E-state index is 0.215. The Hall–Kier alpha value is -3.65. The predicted molar refractivity (Wildman–Crippen MR) is 113 cm³/mol. The molecule has 0 aliphatic carbocycles. The van der Waals surface area contributed by atoms with Gasteiger partial charge in [-0.15, -0.1) is 0 Å². The lowest BCUT2D eigenvalue weighted by molar-refractivity contribution is 0.480. The molecule has 0 bridgehead atoms. The Balaban J connectivity index is 1.81. The maximum atomic E-state index is 10.2. The third-order valence-electron chi connectivity index (χ3n) is 5.57. The first kappa shape index (κ1) is 14.5. The van der Waals surface area contributed by atoms with Gasteiger partial charge in [-0.1, -0.05) is 66.7 Å². The number of fused-ring (bicyclic) bond motifs is 1. The molecule has 0 radical (unpaired) electrons. The highest BCUT2D eigenvalue weighted by atomic mass is 16.3. The van der Waals surface area contributed by atoms with E-state index in [-0.39, 0.29) is 5.75 Å². The van der Waals surface area contributed by atoms with E-state index in [9.17, 15) is 5.11 Å². The number of pyridine rings is 1. The molecule has 0 amide bonds. The molecule has 1 aromatic heterocycles. The van der Waals surface area contributed by atoms with Crippen LogP contribution in [0.5, 0.6) is 5.75 Å². The number of aromatic hydroxyl groups is 1. The predicted octanol–water partition coefficient (Wildman–Crippen LogP) is 6.50. The first-order valence-electron chi connectivity index (χ1n) is 9.05. The molecular weight excluding hydrogens is 330 g/mol. The molecule has 1 N–H and O–H groups in total. The summed E-state index contributed by atoms with van der Waals surface area (Å²) in [6.45, 7) is 0. The van der Waals surface area contributed by atoms with Gasteiger partial charge in [0.05, 0.1) is 0 Å². The zero-order chi connectivity index (χ0) is 18.0. The number of rotatable bonds is 1.